The van der Waals surface area contributed by atoms with E-state index >= 15 is 0 Å². The Morgan fingerprint density at radius 3 is 3.11 bits per heavy atom. The van der Waals surface area contributed by atoms with Crippen LogP contribution in [0.3, 0.4) is 0 Å². The minimum atomic E-state index is 0.204. The van der Waals surface area contributed by atoms with Crippen molar-refractivity contribution < 1.29 is 4.74 Å². The van der Waals surface area contributed by atoms with Crippen LogP contribution in [-0.2, 0) is 0 Å². The van der Waals surface area contributed by atoms with E-state index in [2.05, 4.69) is 25.2 Å². The molecule has 6 heteroatoms. The lowest BCUT2D eigenvalue weighted by Crippen LogP contribution is -2.53. The number of aromatic nitrogens is 2. The topological polar surface area (TPSA) is 62.6 Å². The van der Waals surface area contributed by atoms with E-state index in [1.165, 1.54) is 0 Å². The molecule has 94 valence electrons. The van der Waals surface area contributed by atoms with Crippen LogP contribution in [0.5, 0.6) is 5.88 Å². The molecule has 0 aliphatic carbocycles. The zero-order valence-electron chi connectivity index (χ0n) is 10.2. The van der Waals surface area contributed by atoms with E-state index in [0.717, 1.165) is 25.3 Å². The summed E-state index contributed by atoms with van der Waals surface area (Å²) in [4.78, 5) is 15.2. The van der Waals surface area contributed by atoms with Gasteiger partial charge in [-0.05, 0) is 6.08 Å². The molecule has 0 amide bonds. The van der Waals surface area contributed by atoms with Crippen LogP contribution in [0.2, 0.25) is 0 Å². The van der Waals surface area contributed by atoms with Crippen LogP contribution in [0.25, 0.3) is 0 Å². The molecule has 0 bridgehead atoms. The van der Waals surface area contributed by atoms with Gasteiger partial charge in [0.05, 0.1) is 18.8 Å². The number of ether oxygens (including phenoxy) is 1. The molecular weight excluding hydrogens is 230 g/mol. The van der Waals surface area contributed by atoms with Crippen LogP contribution in [0, 0.1) is 0 Å². The highest BCUT2D eigenvalue weighted by atomic mass is 16.5. The Kier molecular flexibility index (Phi) is 2.93. The van der Waals surface area contributed by atoms with Gasteiger partial charge in [0.15, 0.2) is 0 Å². The first kappa shape index (κ1) is 11.2. The molecular formula is C12H15N5O. The number of hydrogen-bond donors (Lipinski definition) is 1. The molecule has 0 spiro atoms. The van der Waals surface area contributed by atoms with Crippen molar-refractivity contribution in [1.29, 1.82) is 0 Å². The van der Waals surface area contributed by atoms with E-state index < -0.39 is 0 Å². The number of piperazine rings is 1. The molecule has 1 N–H and O–H groups in total. The molecule has 1 atom stereocenters. The fourth-order valence-corrected chi connectivity index (χ4v) is 2.15. The van der Waals surface area contributed by atoms with Gasteiger partial charge in [0.25, 0.3) is 0 Å². The van der Waals surface area contributed by atoms with Gasteiger partial charge in [0.1, 0.15) is 0 Å². The van der Waals surface area contributed by atoms with Crippen LogP contribution in [0.15, 0.2) is 29.0 Å². The third-order valence-corrected chi connectivity index (χ3v) is 3.14. The summed E-state index contributed by atoms with van der Waals surface area (Å²) in [5.41, 5.74) is 1.08. The van der Waals surface area contributed by atoms with Crippen molar-refractivity contribution in [2.24, 2.45) is 4.99 Å². The average Bonchev–Trinajstić information content (AvgIpc) is 2.37. The molecule has 18 heavy (non-hydrogen) atoms. The van der Waals surface area contributed by atoms with Gasteiger partial charge >= 0.3 is 0 Å². The highest BCUT2D eigenvalue weighted by Gasteiger charge is 2.28. The van der Waals surface area contributed by atoms with E-state index in [0.29, 0.717) is 11.8 Å². The minimum absolute atomic E-state index is 0.204. The van der Waals surface area contributed by atoms with Gasteiger partial charge in [-0.25, -0.2) is 4.98 Å². The summed E-state index contributed by atoms with van der Waals surface area (Å²) < 4.78 is 5.14. The quantitative estimate of drug-likeness (QED) is 0.826. The van der Waals surface area contributed by atoms with Gasteiger partial charge in [-0.3, -0.25) is 4.99 Å². The van der Waals surface area contributed by atoms with Gasteiger partial charge in [0.2, 0.25) is 11.8 Å². The number of nitrogens with zero attached hydrogens (tertiary/aromatic N) is 4. The largest absolute Gasteiger partial charge is 0.481 e. The zero-order chi connectivity index (χ0) is 12.4. The van der Waals surface area contributed by atoms with Crippen molar-refractivity contribution in [1.82, 2.24) is 15.3 Å². The normalized spacial score (nSPS) is 22.4. The molecule has 1 aromatic rings. The molecule has 2 aliphatic heterocycles. The zero-order valence-corrected chi connectivity index (χ0v) is 10.2. The number of aliphatic imine (C=N–C) groups is 1. The second kappa shape index (κ2) is 4.73. The van der Waals surface area contributed by atoms with Gasteiger partial charge in [-0.1, -0.05) is 0 Å². The molecule has 1 unspecified atom stereocenters. The summed E-state index contributed by atoms with van der Waals surface area (Å²) in [7, 11) is 1.61. The highest BCUT2D eigenvalue weighted by Crippen LogP contribution is 2.22. The van der Waals surface area contributed by atoms with Crippen molar-refractivity contribution in [2.45, 2.75) is 6.04 Å². The SMILES string of the molecule is COc1ccnc(N2CCNCC2C2=CC=N2)n1. The first-order valence-electron chi connectivity index (χ1n) is 5.97. The van der Waals surface area contributed by atoms with Gasteiger partial charge in [-0.15, -0.1) is 0 Å². The summed E-state index contributed by atoms with van der Waals surface area (Å²) in [6.07, 6.45) is 5.57. The van der Waals surface area contributed by atoms with Gasteiger partial charge < -0.3 is 15.0 Å². The smallest absolute Gasteiger partial charge is 0.229 e. The molecule has 0 aromatic carbocycles. The lowest BCUT2D eigenvalue weighted by molar-refractivity contribution is 0.395. The maximum atomic E-state index is 5.14. The molecule has 1 aromatic heterocycles. The van der Waals surface area contributed by atoms with Crippen LogP contribution >= 0.6 is 0 Å². The fourth-order valence-electron chi connectivity index (χ4n) is 2.15. The summed E-state index contributed by atoms with van der Waals surface area (Å²) in [6.45, 7) is 2.66. The molecule has 6 nitrogen and oxygen atoms in total. The molecule has 0 saturated carbocycles. The Morgan fingerprint density at radius 1 is 1.50 bits per heavy atom. The van der Waals surface area contributed by atoms with Crippen molar-refractivity contribution in [2.75, 3.05) is 31.6 Å². The number of rotatable bonds is 3. The van der Waals surface area contributed by atoms with Crippen molar-refractivity contribution in [3.05, 3.63) is 24.0 Å². The van der Waals surface area contributed by atoms with Gasteiger partial charge in [-0.2, -0.15) is 4.98 Å². The summed E-state index contributed by atoms with van der Waals surface area (Å²) in [5.74, 6) is 1.28. The molecule has 0 radical (unpaired) electrons. The number of anilines is 1. The second-order valence-corrected chi connectivity index (χ2v) is 4.18. The average molecular weight is 245 g/mol. The van der Waals surface area contributed by atoms with Crippen molar-refractivity contribution in [3.8, 4) is 5.88 Å². The van der Waals surface area contributed by atoms with E-state index in [1.807, 2.05) is 12.3 Å². The van der Waals surface area contributed by atoms with E-state index in [-0.39, 0.29) is 6.04 Å². The molecule has 2 aliphatic rings. The number of hydrogen-bond acceptors (Lipinski definition) is 6. The Balaban J connectivity index is 1.87. The Hall–Kier alpha value is -1.95. The molecule has 1 fully saturated rings. The van der Waals surface area contributed by atoms with E-state index in [9.17, 15) is 0 Å². The highest BCUT2D eigenvalue weighted by molar-refractivity contribution is 5.80. The summed E-state index contributed by atoms with van der Waals surface area (Å²) >= 11 is 0. The first-order valence-corrected chi connectivity index (χ1v) is 5.97. The number of allylic oxidation sites excluding steroid dienone is 1. The first-order chi connectivity index (χ1) is 8.88. The Labute approximate surface area is 105 Å². The Morgan fingerprint density at radius 2 is 2.39 bits per heavy atom. The Bertz CT molecular complexity index is 499. The monoisotopic (exact) mass is 245 g/mol. The van der Waals surface area contributed by atoms with E-state index in [4.69, 9.17) is 4.74 Å². The third kappa shape index (κ3) is 1.95. The maximum absolute atomic E-state index is 5.14. The fraction of sp³-hybridized carbons (Fsp3) is 0.417. The standard InChI is InChI=1S/C12H15N5O/c1-18-11-3-5-15-12(16-11)17-7-6-13-8-10(17)9-2-4-14-9/h2-5,10,13H,6-8H2,1H3. The number of methoxy groups -OCH3 is 1. The number of nitrogens with one attached hydrogen (secondary N) is 1. The second-order valence-electron chi connectivity index (χ2n) is 4.18. The minimum Gasteiger partial charge on any atom is -0.481 e. The van der Waals surface area contributed by atoms with Crippen molar-refractivity contribution >= 4 is 12.2 Å². The summed E-state index contributed by atoms with van der Waals surface area (Å²) in [6, 6.07) is 1.96. The van der Waals surface area contributed by atoms with Crippen molar-refractivity contribution in [3.63, 3.8) is 0 Å². The predicted octanol–water partition coefficient (Wildman–Crippen LogP) is 0.232. The lowest BCUT2D eigenvalue weighted by atomic mass is 10.1. The molecule has 3 heterocycles. The van der Waals surface area contributed by atoms with Crippen LogP contribution in [0.1, 0.15) is 0 Å². The van der Waals surface area contributed by atoms with Crippen LogP contribution < -0.4 is 15.0 Å². The lowest BCUT2D eigenvalue weighted by Gasteiger charge is -2.37. The van der Waals surface area contributed by atoms with Crippen LogP contribution in [0.4, 0.5) is 5.95 Å². The van der Waals surface area contributed by atoms with Gasteiger partial charge in [0, 0.05) is 38.1 Å². The maximum Gasteiger partial charge on any atom is 0.229 e. The van der Waals surface area contributed by atoms with E-state index in [1.54, 1.807) is 19.4 Å². The molecule has 3 rings (SSSR count). The summed E-state index contributed by atoms with van der Waals surface area (Å²) in [5, 5.41) is 3.37. The predicted molar refractivity (Wildman–Crippen MR) is 69.2 cm³/mol. The third-order valence-electron chi connectivity index (χ3n) is 3.14. The van der Waals surface area contributed by atoms with Crippen LogP contribution in [-0.4, -0.2) is 49.0 Å². The molecule has 1 saturated heterocycles.